The van der Waals surface area contributed by atoms with Crippen LogP contribution in [-0.2, 0) is 4.74 Å². The number of piperidine rings is 1. The second-order valence-corrected chi connectivity index (χ2v) is 5.49. The average Bonchev–Trinajstić information content (AvgIpc) is 2.36. The van der Waals surface area contributed by atoms with Gasteiger partial charge in [0.05, 0.1) is 12.2 Å². The molecule has 14 heavy (non-hydrogen) atoms. The van der Waals surface area contributed by atoms with Crippen LogP contribution in [0.5, 0.6) is 0 Å². The average molecular weight is 215 g/mol. The maximum atomic E-state index is 5.93. The standard InChI is InChI=1S/C11H21NOS/c1-8(2)13-11-6-9-4-5-10(7-11)12(9)14-3/h8-11H,4-7H2,1-3H3. The second-order valence-electron chi connectivity index (χ2n) is 4.71. The molecule has 2 rings (SSSR count). The van der Waals surface area contributed by atoms with E-state index in [9.17, 15) is 0 Å². The summed E-state index contributed by atoms with van der Waals surface area (Å²) in [6, 6.07) is 1.57. The summed E-state index contributed by atoms with van der Waals surface area (Å²) in [5, 5.41) is 0. The lowest BCUT2D eigenvalue weighted by Crippen LogP contribution is -2.41. The van der Waals surface area contributed by atoms with Crippen LogP contribution in [0.25, 0.3) is 0 Å². The van der Waals surface area contributed by atoms with E-state index in [1.165, 1.54) is 25.7 Å². The molecule has 0 amide bonds. The number of ether oxygens (including phenoxy) is 1. The van der Waals surface area contributed by atoms with Gasteiger partial charge in [0.1, 0.15) is 0 Å². The predicted octanol–water partition coefficient (Wildman–Crippen LogP) is 2.68. The SMILES string of the molecule is CSN1C2CCC1CC(OC(C)C)C2. The van der Waals surface area contributed by atoms with Gasteiger partial charge in [-0.05, 0) is 45.8 Å². The quantitative estimate of drug-likeness (QED) is 0.672. The zero-order valence-corrected chi connectivity index (χ0v) is 10.2. The Morgan fingerprint density at radius 1 is 1.21 bits per heavy atom. The predicted molar refractivity (Wildman–Crippen MR) is 61.4 cm³/mol. The van der Waals surface area contributed by atoms with Crippen molar-refractivity contribution in [3.05, 3.63) is 0 Å². The molecule has 2 saturated heterocycles. The molecule has 2 fully saturated rings. The first-order valence-corrected chi connectivity index (χ1v) is 6.86. The third-order valence-corrected chi connectivity index (χ3v) is 4.32. The second kappa shape index (κ2) is 4.42. The zero-order valence-electron chi connectivity index (χ0n) is 9.40. The van der Waals surface area contributed by atoms with Gasteiger partial charge in [-0.25, -0.2) is 4.31 Å². The van der Waals surface area contributed by atoms with E-state index in [0.29, 0.717) is 12.2 Å². The Labute approximate surface area is 91.5 Å². The molecule has 2 heterocycles. The molecular formula is C11H21NOS. The molecule has 0 aliphatic carbocycles. The topological polar surface area (TPSA) is 12.5 Å². The van der Waals surface area contributed by atoms with E-state index in [1.54, 1.807) is 0 Å². The summed E-state index contributed by atoms with van der Waals surface area (Å²) in [6.45, 7) is 4.28. The Hall–Kier alpha value is 0.270. The first-order chi connectivity index (χ1) is 6.70. The van der Waals surface area contributed by atoms with Crippen LogP contribution in [0.1, 0.15) is 39.5 Å². The number of hydrogen-bond acceptors (Lipinski definition) is 3. The lowest BCUT2D eigenvalue weighted by Gasteiger charge is -2.37. The molecule has 0 aromatic heterocycles. The van der Waals surface area contributed by atoms with Gasteiger partial charge in [0.2, 0.25) is 0 Å². The maximum absolute atomic E-state index is 5.93. The van der Waals surface area contributed by atoms with Gasteiger partial charge < -0.3 is 4.74 Å². The van der Waals surface area contributed by atoms with Gasteiger partial charge in [-0.15, -0.1) is 0 Å². The fourth-order valence-electron chi connectivity index (χ4n) is 2.88. The third kappa shape index (κ3) is 2.10. The molecule has 82 valence electrons. The Balaban J connectivity index is 1.92. The number of nitrogens with zero attached hydrogens (tertiary/aromatic N) is 1. The van der Waals surface area contributed by atoms with Crippen LogP contribution < -0.4 is 0 Å². The molecule has 2 nitrogen and oxygen atoms in total. The molecule has 0 aromatic carbocycles. The lowest BCUT2D eigenvalue weighted by atomic mass is 10.0. The third-order valence-electron chi connectivity index (χ3n) is 3.30. The van der Waals surface area contributed by atoms with Gasteiger partial charge in [0.25, 0.3) is 0 Å². The first-order valence-electron chi connectivity index (χ1n) is 5.68. The minimum Gasteiger partial charge on any atom is -0.375 e. The fraction of sp³-hybridized carbons (Fsp3) is 1.00. The Kier molecular flexibility index (Phi) is 3.40. The monoisotopic (exact) mass is 215 g/mol. The highest BCUT2D eigenvalue weighted by Crippen LogP contribution is 2.40. The summed E-state index contributed by atoms with van der Waals surface area (Å²) in [5.74, 6) is 0. The molecule has 2 atom stereocenters. The molecule has 0 radical (unpaired) electrons. The zero-order chi connectivity index (χ0) is 10.1. The van der Waals surface area contributed by atoms with Gasteiger partial charge in [-0.3, -0.25) is 0 Å². The van der Waals surface area contributed by atoms with Gasteiger partial charge in [0.15, 0.2) is 0 Å². The van der Waals surface area contributed by atoms with E-state index in [2.05, 4.69) is 24.4 Å². The number of hydrogen-bond donors (Lipinski definition) is 0. The van der Waals surface area contributed by atoms with E-state index in [1.807, 2.05) is 11.9 Å². The van der Waals surface area contributed by atoms with Crippen molar-refractivity contribution in [2.45, 2.75) is 63.8 Å². The molecule has 2 aliphatic rings. The van der Waals surface area contributed by atoms with E-state index in [4.69, 9.17) is 4.74 Å². The molecule has 2 aliphatic heterocycles. The summed E-state index contributed by atoms with van der Waals surface area (Å²) in [7, 11) is 0. The van der Waals surface area contributed by atoms with Crippen molar-refractivity contribution < 1.29 is 4.74 Å². The van der Waals surface area contributed by atoms with E-state index in [0.717, 1.165) is 12.1 Å². The number of rotatable bonds is 3. The molecular weight excluding hydrogens is 194 g/mol. The highest BCUT2D eigenvalue weighted by molar-refractivity contribution is 7.96. The smallest absolute Gasteiger partial charge is 0.0609 e. The number of fused-ring (bicyclic) bond motifs is 2. The van der Waals surface area contributed by atoms with Crippen molar-refractivity contribution in [3.8, 4) is 0 Å². The highest BCUT2D eigenvalue weighted by atomic mass is 32.2. The molecule has 0 spiro atoms. The van der Waals surface area contributed by atoms with Crippen LogP contribution in [0, 0.1) is 0 Å². The van der Waals surface area contributed by atoms with Crippen LogP contribution in [0.3, 0.4) is 0 Å². The van der Waals surface area contributed by atoms with E-state index in [-0.39, 0.29) is 0 Å². The first kappa shape index (κ1) is 10.8. The van der Waals surface area contributed by atoms with Crippen molar-refractivity contribution in [2.75, 3.05) is 6.26 Å². The molecule has 2 unspecified atom stereocenters. The molecule has 0 aromatic rings. The minimum atomic E-state index is 0.389. The van der Waals surface area contributed by atoms with Crippen LogP contribution >= 0.6 is 11.9 Å². The van der Waals surface area contributed by atoms with Crippen LogP contribution in [0.15, 0.2) is 0 Å². The maximum Gasteiger partial charge on any atom is 0.0609 e. The van der Waals surface area contributed by atoms with Gasteiger partial charge >= 0.3 is 0 Å². The Morgan fingerprint density at radius 3 is 2.21 bits per heavy atom. The lowest BCUT2D eigenvalue weighted by molar-refractivity contribution is -0.0304. The minimum absolute atomic E-state index is 0.389. The Bertz CT molecular complexity index is 184. The van der Waals surface area contributed by atoms with Crippen LogP contribution in [0.4, 0.5) is 0 Å². The highest BCUT2D eigenvalue weighted by Gasteiger charge is 2.40. The largest absolute Gasteiger partial charge is 0.375 e. The molecule has 3 heteroatoms. The normalized spacial score (nSPS) is 38.1. The van der Waals surface area contributed by atoms with Gasteiger partial charge in [-0.1, -0.05) is 11.9 Å². The van der Waals surface area contributed by atoms with E-state index >= 15 is 0 Å². The molecule has 2 bridgehead atoms. The summed E-state index contributed by atoms with van der Waals surface area (Å²) >= 11 is 1.92. The van der Waals surface area contributed by atoms with Crippen LogP contribution in [-0.4, -0.2) is 34.9 Å². The summed E-state index contributed by atoms with van der Waals surface area (Å²) in [4.78, 5) is 0. The van der Waals surface area contributed by atoms with Crippen molar-refractivity contribution in [3.63, 3.8) is 0 Å². The van der Waals surface area contributed by atoms with Gasteiger partial charge in [-0.2, -0.15) is 0 Å². The summed E-state index contributed by atoms with van der Waals surface area (Å²) in [5.41, 5.74) is 0. The summed E-state index contributed by atoms with van der Waals surface area (Å²) < 4.78 is 8.53. The van der Waals surface area contributed by atoms with Crippen LogP contribution in [0.2, 0.25) is 0 Å². The Morgan fingerprint density at radius 2 is 1.79 bits per heavy atom. The van der Waals surface area contributed by atoms with Crippen molar-refractivity contribution >= 4 is 11.9 Å². The van der Waals surface area contributed by atoms with Crippen molar-refractivity contribution in [1.82, 2.24) is 4.31 Å². The molecule has 0 N–H and O–H groups in total. The fourth-order valence-corrected chi connectivity index (χ4v) is 3.86. The van der Waals surface area contributed by atoms with E-state index < -0.39 is 0 Å². The van der Waals surface area contributed by atoms with Crippen molar-refractivity contribution in [1.29, 1.82) is 0 Å². The van der Waals surface area contributed by atoms with Gasteiger partial charge in [0, 0.05) is 12.1 Å². The molecule has 0 saturated carbocycles. The van der Waals surface area contributed by atoms with Crippen molar-refractivity contribution in [2.24, 2.45) is 0 Å². The summed E-state index contributed by atoms with van der Waals surface area (Å²) in [6.07, 6.45) is 8.36.